The van der Waals surface area contributed by atoms with Crippen molar-refractivity contribution in [2.45, 2.75) is 18.9 Å². The molecule has 5 nitrogen and oxygen atoms in total. The molecule has 0 spiro atoms. The zero-order valence-corrected chi connectivity index (χ0v) is 13.9. The van der Waals surface area contributed by atoms with Crippen LogP contribution in [0.4, 0.5) is 0 Å². The van der Waals surface area contributed by atoms with Gasteiger partial charge in [0.2, 0.25) is 0 Å². The van der Waals surface area contributed by atoms with Gasteiger partial charge >= 0.3 is 0 Å². The molecule has 0 radical (unpaired) electrons. The molecule has 1 saturated carbocycles. The summed E-state index contributed by atoms with van der Waals surface area (Å²) in [7, 11) is 1.69. The Morgan fingerprint density at radius 1 is 1.45 bits per heavy atom. The van der Waals surface area contributed by atoms with E-state index in [-0.39, 0.29) is 12.0 Å². The van der Waals surface area contributed by atoms with E-state index in [9.17, 15) is 4.79 Å². The summed E-state index contributed by atoms with van der Waals surface area (Å²) < 4.78 is 6.41. The summed E-state index contributed by atoms with van der Waals surface area (Å²) in [6.07, 6.45) is 2.48. The molecule has 1 heterocycles. The van der Waals surface area contributed by atoms with Gasteiger partial charge in [0.25, 0.3) is 5.91 Å². The van der Waals surface area contributed by atoms with Gasteiger partial charge < -0.3 is 10.1 Å². The lowest BCUT2D eigenvalue weighted by Crippen LogP contribution is -2.34. The van der Waals surface area contributed by atoms with E-state index >= 15 is 0 Å². The van der Waals surface area contributed by atoms with Crippen LogP contribution >= 0.6 is 15.9 Å². The monoisotopic (exact) mass is 363 g/mol. The number of nitrogens with one attached hydrogen (secondary N) is 2. The first-order valence-corrected chi connectivity index (χ1v) is 8.09. The van der Waals surface area contributed by atoms with Gasteiger partial charge in [-0.3, -0.25) is 9.89 Å². The Labute approximate surface area is 137 Å². The summed E-state index contributed by atoms with van der Waals surface area (Å²) >= 11 is 3.40. The number of methoxy groups -OCH3 is 1. The molecule has 2 aromatic rings. The number of rotatable bonds is 6. The van der Waals surface area contributed by atoms with E-state index in [4.69, 9.17) is 4.74 Å². The van der Waals surface area contributed by atoms with Crippen molar-refractivity contribution in [1.29, 1.82) is 0 Å². The smallest absolute Gasteiger partial charge is 0.269 e. The van der Waals surface area contributed by atoms with Crippen molar-refractivity contribution in [3.05, 3.63) is 40.5 Å². The minimum absolute atomic E-state index is 0.109. The Balaban J connectivity index is 1.62. The Bertz CT molecular complexity index is 650. The van der Waals surface area contributed by atoms with Crippen LogP contribution in [0.25, 0.3) is 11.3 Å². The lowest BCUT2D eigenvalue weighted by Gasteiger charge is -2.14. The largest absolute Gasteiger partial charge is 0.379 e. The molecule has 1 unspecified atom stereocenters. The van der Waals surface area contributed by atoms with E-state index in [0.29, 0.717) is 18.2 Å². The maximum atomic E-state index is 12.2. The minimum atomic E-state index is -0.154. The van der Waals surface area contributed by atoms with Crippen LogP contribution in [0.3, 0.4) is 0 Å². The molecule has 6 heteroatoms. The zero-order valence-electron chi connectivity index (χ0n) is 12.3. The molecular weight excluding hydrogens is 346 g/mol. The third-order valence-electron chi connectivity index (χ3n) is 3.88. The average molecular weight is 364 g/mol. The van der Waals surface area contributed by atoms with E-state index < -0.39 is 0 Å². The van der Waals surface area contributed by atoms with Gasteiger partial charge in [-0.1, -0.05) is 28.1 Å². The molecule has 1 aliphatic carbocycles. The van der Waals surface area contributed by atoms with Crippen LogP contribution in [-0.2, 0) is 4.74 Å². The number of aromatic nitrogens is 2. The first-order chi connectivity index (χ1) is 10.7. The zero-order chi connectivity index (χ0) is 15.5. The molecule has 3 rings (SSSR count). The highest BCUT2D eigenvalue weighted by molar-refractivity contribution is 9.10. The summed E-state index contributed by atoms with van der Waals surface area (Å²) in [5.41, 5.74) is 2.18. The standard InChI is InChI=1S/C16H18BrN3O2/c1-22-15(11-2-3-11)9-18-16(21)14-8-13(19-20-14)10-4-6-12(17)7-5-10/h4-8,11,15H,2-3,9H2,1H3,(H,18,21)(H,19,20). The van der Waals surface area contributed by atoms with Crippen molar-refractivity contribution in [1.82, 2.24) is 15.5 Å². The molecule has 0 aliphatic heterocycles. The molecule has 2 N–H and O–H groups in total. The van der Waals surface area contributed by atoms with Gasteiger partial charge in [0.1, 0.15) is 5.69 Å². The van der Waals surface area contributed by atoms with Gasteiger partial charge in [-0.25, -0.2) is 0 Å². The molecule has 1 atom stereocenters. The van der Waals surface area contributed by atoms with Crippen molar-refractivity contribution in [2.75, 3.05) is 13.7 Å². The molecule has 1 aromatic heterocycles. The fraction of sp³-hybridized carbons (Fsp3) is 0.375. The molecule has 1 amide bonds. The highest BCUT2D eigenvalue weighted by Gasteiger charge is 2.31. The van der Waals surface area contributed by atoms with Gasteiger partial charge in [-0.2, -0.15) is 5.10 Å². The second-order valence-electron chi connectivity index (χ2n) is 5.50. The number of nitrogens with zero attached hydrogens (tertiary/aromatic N) is 1. The van der Waals surface area contributed by atoms with Crippen LogP contribution in [-0.4, -0.2) is 35.9 Å². The summed E-state index contributed by atoms with van der Waals surface area (Å²) in [6, 6.07) is 9.56. The van der Waals surface area contributed by atoms with Gasteiger partial charge in [0.05, 0.1) is 11.8 Å². The number of amides is 1. The van der Waals surface area contributed by atoms with Crippen LogP contribution < -0.4 is 5.32 Å². The predicted octanol–water partition coefficient (Wildman–Crippen LogP) is 2.99. The fourth-order valence-electron chi connectivity index (χ4n) is 2.41. The minimum Gasteiger partial charge on any atom is -0.379 e. The number of benzene rings is 1. The number of halogens is 1. The van der Waals surface area contributed by atoms with Crippen molar-refractivity contribution in [3.8, 4) is 11.3 Å². The SMILES string of the molecule is COC(CNC(=O)c1cc(-c2ccc(Br)cc2)n[nH]1)C1CC1. The van der Waals surface area contributed by atoms with Crippen LogP contribution in [0.2, 0.25) is 0 Å². The number of hydrogen-bond donors (Lipinski definition) is 2. The summed E-state index contributed by atoms with van der Waals surface area (Å²) in [5.74, 6) is 0.434. The van der Waals surface area contributed by atoms with Crippen molar-refractivity contribution in [2.24, 2.45) is 5.92 Å². The summed E-state index contributed by atoms with van der Waals surface area (Å²) in [6.45, 7) is 0.534. The summed E-state index contributed by atoms with van der Waals surface area (Å²) in [5, 5.41) is 9.89. The second kappa shape index (κ2) is 6.62. The highest BCUT2D eigenvalue weighted by Crippen LogP contribution is 2.33. The topological polar surface area (TPSA) is 67.0 Å². The quantitative estimate of drug-likeness (QED) is 0.828. The Hall–Kier alpha value is -1.66. The van der Waals surface area contributed by atoms with Gasteiger partial charge in [-0.15, -0.1) is 0 Å². The van der Waals surface area contributed by atoms with E-state index in [1.807, 2.05) is 24.3 Å². The lowest BCUT2D eigenvalue weighted by molar-refractivity contribution is 0.0738. The van der Waals surface area contributed by atoms with Gasteiger partial charge in [0.15, 0.2) is 0 Å². The number of hydrogen-bond acceptors (Lipinski definition) is 3. The van der Waals surface area contributed by atoms with Gasteiger partial charge in [-0.05, 0) is 37.0 Å². The number of ether oxygens (including phenoxy) is 1. The molecule has 0 saturated heterocycles. The molecular formula is C16H18BrN3O2. The van der Waals surface area contributed by atoms with Crippen molar-refractivity contribution >= 4 is 21.8 Å². The molecule has 1 aliphatic rings. The maximum Gasteiger partial charge on any atom is 0.269 e. The van der Waals surface area contributed by atoms with E-state index in [1.54, 1.807) is 13.2 Å². The molecule has 22 heavy (non-hydrogen) atoms. The van der Waals surface area contributed by atoms with E-state index in [1.165, 1.54) is 12.8 Å². The number of H-pyrrole nitrogens is 1. The molecule has 1 aromatic carbocycles. The highest BCUT2D eigenvalue weighted by atomic mass is 79.9. The lowest BCUT2D eigenvalue weighted by atomic mass is 10.1. The van der Waals surface area contributed by atoms with Crippen molar-refractivity contribution in [3.63, 3.8) is 0 Å². The van der Waals surface area contributed by atoms with Crippen LogP contribution in [0.5, 0.6) is 0 Å². The number of carbonyl (C=O) groups is 1. The average Bonchev–Trinajstić information content (AvgIpc) is 3.24. The van der Waals surface area contributed by atoms with Crippen LogP contribution in [0, 0.1) is 5.92 Å². The normalized spacial score (nSPS) is 15.5. The Morgan fingerprint density at radius 3 is 2.82 bits per heavy atom. The van der Waals surface area contributed by atoms with E-state index in [0.717, 1.165) is 15.7 Å². The summed E-state index contributed by atoms with van der Waals surface area (Å²) in [4.78, 5) is 12.2. The maximum absolute atomic E-state index is 12.2. The van der Waals surface area contributed by atoms with Crippen LogP contribution in [0.1, 0.15) is 23.3 Å². The van der Waals surface area contributed by atoms with Crippen LogP contribution in [0.15, 0.2) is 34.8 Å². The Kier molecular flexibility index (Phi) is 4.59. The second-order valence-corrected chi connectivity index (χ2v) is 6.41. The number of aromatic amines is 1. The fourth-order valence-corrected chi connectivity index (χ4v) is 2.67. The third kappa shape index (κ3) is 3.56. The first kappa shape index (κ1) is 15.2. The predicted molar refractivity (Wildman–Crippen MR) is 87.6 cm³/mol. The molecule has 0 bridgehead atoms. The van der Waals surface area contributed by atoms with Crippen molar-refractivity contribution < 1.29 is 9.53 Å². The Morgan fingerprint density at radius 2 is 2.18 bits per heavy atom. The molecule has 116 valence electrons. The van der Waals surface area contributed by atoms with E-state index in [2.05, 4.69) is 31.4 Å². The molecule has 1 fully saturated rings. The first-order valence-electron chi connectivity index (χ1n) is 7.29. The number of carbonyl (C=O) groups excluding carboxylic acids is 1. The van der Waals surface area contributed by atoms with Gasteiger partial charge in [0, 0.05) is 23.7 Å². The third-order valence-corrected chi connectivity index (χ3v) is 4.41.